The maximum absolute atomic E-state index is 12.6. The molecule has 2 atom stereocenters. The molecule has 2 unspecified atom stereocenters. The first-order valence-corrected chi connectivity index (χ1v) is 13.8. The van der Waals surface area contributed by atoms with Crippen molar-refractivity contribution in [3.8, 4) is 11.5 Å². The Kier molecular flexibility index (Phi) is 5.54. The van der Waals surface area contributed by atoms with Gasteiger partial charge in [-0.15, -0.1) is 0 Å². The fourth-order valence-electron chi connectivity index (χ4n) is 4.01. The Morgan fingerprint density at radius 1 is 0.667 bits per heavy atom. The molecule has 0 radical (unpaired) electrons. The average Bonchev–Trinajstić information content (AvgIpc) is 3.54. The van der Waals surface area contributed by atoms with Gasteiger partial charge >= 0.3 is 15.6 Å². The molecule has 0 saturated heterocycles. The molecule has 4 fully saturated rings. The minimum atomic E-state index is -4.42. The lowest BCUT2D eigenvalue weighted by atomic mass is 10.1. The Morgan fingerprint density at radius 3 is 1.23 bits per heavy atom. The average molecular weight is 458 g/mol. The third kappa shape index (κ3) is 5.48. The van der Waals surface area contributed by atoms with Gasteiger partial charge in [-0.3, -0.25) is 18.8 Å². The maximum Gasteiger partial charge on any atom is 0.527 e. The van der Waals surface area contributed by atoms with E-state index in [1.165, 1.54) is 12.1 Å². The summed E-state index contributed by atoms with van der Waals surface area (Å²) < 4.78 is 46.8. The predicted molar refractivity (Wildman–Crippen MR) is 108 cm³/mol. The molecule has 5 rings (SSSR count). The highest BCUT2D eigenvalue weighted by Gasteiger charge is 2.48. The van der Waals surface area contributed by atoms with Gasteiger partial charge in [-0.2, -0.15) is 0 Å². The molecule has 0 aromatic heterocycles. The van der Waals surface area contributed by atoms with Gasteiger partial charge in [-0.1, -0.05) is 12.1 Å². The molecular formula is C20H28O8P2. The Hall–Kier alpha value is -0.880. The lowest BCUT2D eigenvalue weighted by Gasteiger charge is -2.23. The number of hydrogen-bond donors (Lipinski definition) is 2. The molecule has 4 aliphatic rings. The third-order valence-corrected chi connectivity index (χ3v) is 8.01. The zero-order valence-corrected chi connectivity index (χ0v) is 18.5. The van der Waals surface area contributed by atoms with Gasteiger partial charge in [0.05, 0.1) is 12.2 Å². The highest BCUT2D eigenvalue weighted by molar-refractivity contribution is 7.48. The van der Waals surface area contributed by atoms with E-state index in [1.54, 1.807) is 12.1 Å². The van der Waals surface area contributed by atoms with Gasteiger partial charge < -0.3 is 9.05 Å². The molecule has 0 spiro atoms. The summed E-state index contributed by atoms with van der Waals surface area (Å²) in [5.74, 6) is 0.977. The van der Waals surface area contributed by atoms with Crippen LogP contribution in [0.4, 0.5) is 0 Å². The van der Waals surface area contributed by atoms with E-state index in [2.05, 4.69) is 0 Å². The Morgan fingerprint density at radius 2 is 0.967 bits per heavy atom. The quantitative estimate of drug-likeness (QED) is 0.419. The van der Waals surface area contributed by atoms with Crippen LogP contribution in [-0.4, -0.2) is 22.0 Å². The fourth-order valence-corrected chi connectivity index (χ4v) is 6.20. The van der Waals surface area contributed by atoms with Crippen LogP contribution in [0, 0.1) is 23.7 Å². The van der Waals surface area contributed by atoms with E-state index < -0.39 is 15.6 Å². The summed E-state index contributed by atoms with van der Waals surface area (Å²) in [6.07, 6.45) is 7.40. The summed E-state index contributed by atoms with van der Waals surface area (Å²) in [5, 5.41) is 0. The van der Waals surface area contributed by atoms with Crippen molar-refractivity contribution in [2.75, 3.05) is 0 Å². The second kappa shape index (κ2) is 7.91. The first-order valence-electron chi connectivity index (χ1n) is 10.8. The summed E-state index contributed by atoms with van der Waals surface area (Å²) in [5.41, 5.74) is 0. The lowest BCUT2D eigenvalue weighted by Crippen LogP contribution is -2.18. The van der Waals surface area contributed by atoms with E-state index in [4.69, 9.17) is 18.1 Å². The molecule has 4 aliphatic carbocycles. The molecule has 0 amide bonds. The second-order valence-electron chi connectivity index (χ2n) is 9.06. The van der Waals surface area contributed by atoms with Gasteiger partial charge in [0.1, 0.15) is 0 Å². The number of benzene rings is 1. The van der Waals surface area contributed by atoms with Crippen molar-refractivity contribution in [2.45, 2.75) is 63.6 Å². The smallest absolute Gasteiger partial charge is 0.400 e. The largest absolute Gasteiger partial charge is 0.527 e. The normalized spacial score (nSPS) is 25.7. The Bertz CT molecular complexity index is 780. The Labute approximate surface area is 176 Å². The number of phosphoric acid groups is 2. The first-order chi connectivity index (χ1) is 14.3. The van der Waals surface area contributed by atoms with E-state index in [9.17, 15) is 18.9 Å². The molecule has 1 aromatic rings. The van der Waals surface area contributed by atoms with Crippen molar-refractivity contribution in [1.29, 1.82) is 0 Å². The SMILES string of the molecule is O=P(O)(Oc1ccccc1OP(=O)(O)OC(C1CC1)C1CC1)OC(C1CC1)C1CC1. The summed E-state index contributed by atoms with van der Waals surface area (Å²) in [6, 6.07) is 5.98. The molecule has 0 heterocycles. The number of hydrogen-bond acceptors (Lipinski definition) is 6. The minimum absolute atomic E-state index is 0.124. The zero-order chi connectivity index (χ0) is 20.9. The lowest BCUT2D eigenvalue weighted by molar-refractivity contribution is 0.0997. The summed E-state index contributed by atoms with van der Waals surface area (Å²) in [4.78, 5) is 20.6. The Balaban J connectivity index is 1.26. The van der Waals surface area contributed by atoms with E-state index >= 15 is 0 Å². The van der Waals surface area contributed by atoms with E-state index in [1.807, 2.05) is 0 Å². The topological polar surface area (TPSA) is 112 Å². The molecule has 4 saturated carbocycles. The van der Waals surface area contributed by atoms with Crippen LogP contribution in [0.3, 0.4) is 0 Å². The van der Waals surface area contributed by atoms with Crippen molar-refractivity contribution in [3.63, 3.8) is 0 Å². The molecule has 10 heteroatoms. The van der Waals surface area contributed by atoms with Gasteiger partial charge in [0, 0.05) is 0 Å². The van der Waals surface area contributed by atoms with Crippen LogP contribution in [0.25, 0.3) is 0 Å². The van der Waals surface area contributed by atoms with Crippen molar-refractivity contribution in [3.05, 3.63) is 24.3 Å². The maximum atomic E-state index is 12.6. The van der Waals surface area contributed by atoms with Gasteiger partial charge in [-0.05, 0) is 87.2 Å². The molecule has 2 N–H and O–H groups in total. The molecule has 0 bridgehead atoms. The van der Waals surface area contributed by atoms with Crippen LogP contribution in [0.2, 0.25) is 0 Å². The van der Waals surface area contributed by atoms with E-state index in [0.717, 1.165) is 51.4 Å². The highest BCUT2D eigenvalue weighted by Crippen LogP contribution is 2.58. The summed E-state index contributed by atoms with van der Waals surface area (Å²) in [6.45, 7) is 0. The van der Waals surface area contributed by atoms with Gasteiger partial charge in [0.15, 0.2) is 11.5 Å². The van der Waals surface area contributed by atoms with Gasteiger partial charge in [0.25, 0.3) is 0 Å². The molecule has 30 heavy (non-hydrogen) atoms. The second-order valence-corrected chi connectivity index (χ2v) is 11.7. The molecular weight excluding hydrogens is 430 g/mol. The molecule has 1 aromatic carbocycles. The van der Waals surface area contributed by atoms with Crippen molar-refractivity contribution in [1.82, 2.24) is 0 Å². The van der Waals surface area contributed by atoms with Crippen LogP contribution < -0.4 is 9.05 Å². The molecule has 0 aliphatic heterocycles. The van der Waals surface area contributed by atoms with Crippen molar-refractivity contribution >= 4 is 15.6 Å². The monoisotopic (exact) mass is 458 g/mol. The summed E-state index contributed by atoms with van der Waals surface area (Å²) >= 11 is 0. The van der Waals surface area contributed by atoms with Crippen LogP contribution in [0.1, 0.15) is 51.4 Å². The van der Waals surface area contributed by atoms with Crippen LogP contribution in [0.5, 0.6) is 11.5 Å². The van der Waals surface area contributed by atoms with Crippen molar-refractivity contribution < 1.29 is 37.0 Å². The fraction of sp³-hybridized carbons (Fsp3) is 0.700. The van der Waals surface area contributed by atoms with E-state index in [-0.39, 0.29) is 23.7 Å². The number of rotatable bonds is 12. The van der Waals surface area contributed by atoms with Gasteiger partial charge in [0.2, 0.25) is 0 Å². The highest BCUT2D eigenvalue weighted by atomic mass is 31.2. The molecule has 166 valence electrons. The van der Waals surface area contributed by atoms with Crippen LogP contribution in [-0.2, 0) is 18.2 Å². The zero-order valence-electron chi connectivity index (χ0n) is 16.7. The van der Waals surface area contributed by atoms with Crippen LogP contribution in [0.15, 0.2) is 24.3 Å². The number of para-hydroxylation sites is 2. The third-order valence-electron chi connectivity index (χ3n) is 6.13. The van der Waals surface area contributed by atoms with Crippen molar-refractivity contribution in [2.24, 2.45) is 23.7 Å². The van der Waals surface area contributed by atoms with E-state index in [0.29, 0.717) is 23.7 Å². The minimum Gasteiger partial charge on any atom is -0.400 e. The first kappa shape index (κ1) is 21.0. The predicted octanol–water partition coefficient (Wildman–Crippen LogP) is 5.06. The summed E-state index contributed by atoms with van der Waals surface area (Å²) in [7, 11) is -8.84. The number of phosphoric ester groups is 2. The van der Waals surface area contributed by atoms with Crippen LogP contribution >= 0.6 is 15.6 Å². The van der Waals surface area contributed by atoms with Gasteiger partial charge in [-0.25, -0.2) is 9.13 Å². The molecule has 8 nitrogen and oxygen atoms in total. The standard InChI is InChI=1S/C20H28O8P2/c21-29(22,27-19(13-5-6-13)14-7-8-14)25-17-3-1-2-4-18(17)26-30(23,24)28-20(15-9-10-15)16-11-12-16/h1-4,13-16,19-20H,5-12H2,(H,21,22)(H,23,24).